The number of H-pyrrole nitrogens is 1. The number of rotatable bonds is 8. The molecule has 1 fully saturated rings. The van der Waals surface area contributed by atoms with Gasteiger partial charge in [-0.05, 0) is 76.6 Å². The molecule has 3 aromatic rings. The van der Waals surface area contributed by atoms with E-state index in [1.807, 2.05) is 55.7 Å². The minimum atomic E-state index is -4.28. The van der Waals surface area contributed by atoms with Gasteiger partial charge in [0.25, 0.3) is 5.56 Å². The number of hydrogen-bond donors (Lipinski definition) is 2. The summed E-state index contributed by atoms with van der Waals surface area (Å²) < 4.78 is 42.4. The van der Waals surface area contributed by atoms with Crippen molar-refractivity contribution in [1.82, 2.24) is 14.9 Å². The molecular formula is C29H36F3N3O2. The van der Waals surface area contributed by atoms with E-state index in [2.05, 4.69) is 17.2 Å². The fourth-order valence-corrected chi connectivity index (χ4v) is 6.03. The second kappa shape index (κ2) is 10.9. The zero-order valence-electron chi connectivity index (χ0n) is 22.0. The lowest BCUT2D eigenvalue weighted by Crippen LogP contribution is -2.48. The highest BCUT2D eigenvalue weighted by atomic mass is 19.4. The molecule has 3 unspecified atom stereocenters. The van der Waals surface area contributed by atoms with Crippen LogP contribution in [0.5, 0.6) is 0 Å². The Labute approximate surface area is 215 Å². The van der Waals surface area contributed by atoms with Crippen molar-refractivity contribution in [2.45, 2.75) is 84.5 Å². The van der Waals surface area contributed by atoms with E-state index in [-0.39, 0.29) is 36.1 Å². The number of aromatic nitrogens is 2. The van der Waals surface area contributed by atoms with E-state index in [0.29, 0.717) is 30.5 Å². The summed E-state index contributed by atoms with van der Waals surface area (Å²) >= 11 is 0. The average Bonchev–Trinajstić information content (AvgIpc) is 3.14. The van der Waals surface area contributed by atoms with Crippen LogP contribution in [0.15, 0.2) is 35.1 Å². The molecule has 3 atom stereocenters. The van der Waals surface area contributed by atoms with Gasteiger partial charge in [0.2, 0.25) is 0 Å². The van der Waals surface area contributed by atoms with Crippen LogP contribution in [0, 0.1) is 19.8 Å². The molecule has 0 radical (unpaired) electrons. The van der Waals surface area contributed by atoms with Crippen LogP contribution >= 0.6 is 0 Å². The Morgan fingerprint density at radius 3 is 2.62 bits per heavy atom. The number of alkyl halides is 3. The first-order chi connectivity index (χ1) is 17.5. The number of benzene rings is 1. The van der Waals surface area contributed by atoms with Gasteiger partial charge in [-0.15, -0.1) is 0 Å². The molecule has 37 heavy (non-hydrogen) atoms. The maximum absolute atomic E-state index is 13.6. The van der Waals surface area contributed by atoms with Crippen molar-refractivity contribution in [2.75, 3.05) is 6.54 Å². The highest BCUT2D eigenvalue weighted by Crippen LogP contribution is 2.38. The summed E-state index contributed by atoms with van der Waals surface area (Å²) in [5, 5.41) is 3.42. The SMILES string of the molecule is CCCc1cc(C)[nH]c(=O)c1CCC(=O)c1c(C)n(C(C)C2CCNC(C(F)(F)F)C2)c2ccccc12. The molecule has 0 amide bonds. The van der Waals surface area contributed by atoms with E-state index < -0.39 is 12.2 Å². The maximum Gasteiger partial charge on any atom is 0.403 e. The summed E-state index contributed by atoms with van der Waals surface area (Å²) in [5.74, 6) is -0.228. The summed E-state index contributed by atoms with van der Waals surface area (Å²) in [6, 6.07) is 7.88. The summed E-state index contributed by atoms with van der Waals surface area (Å²) in [7, 11) is 0. The van der Waals surface area contributed by atoms with Crippen molar-refractivity contribution in [3.05, 3.63) is 68.8 Å². The molecule has 1 aromatic carbocycles. The van der Waals surface area contributed by atoms with Crippen LogP contribution in [0.2, 0.25) is 0 Å². The molecule has 0 aliphatic carbocycles. The molecule has 5 nitrogen and oxygen atoms in total. The van der Waals surface area contributed by atoms with Gasteiger partial charge in [-0.2, -0.15) is 13.2 Å². The number of hydrogen-bond acceptors (Lipinski definition) is 3. The molecule has 3 heterocycles. The minimum Gasteiger partial charge on any atom is -0.341 e. The van der Waals surface area contributed by atoms with E-state index >= 15 is 0 Å². The first-order valence-corrected chi connectivity index (χ1v) is 13.2. The van der Waals surface area contributed by atoms with Gasteiger partial charge < -0.3 is 14.9 Å². The summed E-state index contributed by atoms with van der Waals surface area (Å²) in [6.07, 6.45) is -1.41. The van der Waals surface area contributed by atoms with Gasteiger partial charge in [0, 0.05) is 45.9 Å². The predicted molar refractivity (Wildman–Crippen MR) is 140 cm³/mol. The molecule has 0 saturated carbocycles. The van der Waals surface area contributed by atoms with E-state index in [1.54, 1.807) is 0 Å². The fraction of sp³-hybridized carbons (Fsp3) is 0.517. The number of nitrogens with one attached hydrogen (secondary N) is 2. The van der Waals surface area contributed by atoms with Crippen molar-refractivity contribution in [2.24, 2.45) is 5.92 Å². The van der Waals surface area contributed by atoms with Crippen molar-refractivity contribution in [3.63, 3.8) is 0 Å². The number of aryl methyl sites for hydroxylation is 2. The number of halogens is 3. The number of Topliss-reactive ketones (excluding diaryl/α,β-unsaturated/α-hetero) is 1. The van der Waals surface area contributed by atoms with Gasteiger partial charge in [-0.1, -0.05) is 31.5 Å². The molecular weight excluding hydrogens is 479 g/mol. The molecule has 1 saturated heterocycles. The van der Waals surface area contributed by atoms with E-state index in [9.17, 15) is 22.8 Å². The average molecular weight is 516 g/mol. The molecule has 1 aliphatic heterocycles. The second-order valence-corrected chi connectivity index (χ2v) is 10.4. The lowest BCUT2D eigenvalue weighted by Gasteiger charge is -2.36. The number of nitrogens with zero attached hydrogens (tertiary/aromatic N) is 1. The molecule has 4 rings (SSSR count). The number of carbonyl (C=O) groups is 1. The zero-order valence-corrected chi connectivity index (χ0v) is 22.0. The number of piperidine rings is 1. The van der Waals surface area contributed by atoms with Crippen LogP contribution in [-0.2, 0) is 12.8 Å². The van der Waals surface area contributed by atoms with Gasteiger partial charge >= 0.3 is 6.18 Å². The highest BCUT2D eigenvalue weighted by molar-refractivity contribution is 6.09. The van der Waals surface area contributed by atoms with E-state index in [4.69, 9.17) is 0 Å². The normalized spacial score (nSPS) is 19.3. The Bertz CT molecular complexity index is 1340. The summed E-state index contributed by atoms with van der Waals surface area (Å²) in [5.41, 5.74) is 4.53. The van der Waals surface area contributed by atoms with Gasteiger partial charge in [0.05, 0.1) is 0 Å². The first-order valence-electron chi connectivity index (χ1n) is 13.2. The molecule has 2 N–H and O–H groups in total. The molecule has 0 spiro atoms. The van der Waals surface area contributed by atoms with Crippen LogP contribution in [0.3, 0.4) is 0 Å². The zero-order chi connectivity index (χ0) is 26.9. The first kappa shape index (κ1) is 27.2. The Hall–Kier alpha value is -2.87. The molecule has 200 valence electrons. The minimum absolute atomic E-state index is 0.0102. The second-order valence-electron chi connectivity index (χ2n) is 10.4. The Balaban J connectivity index is 1.65. The van der Waals surface area contributed by atoms with Crippen molar-refractivity contribution in [1.29, 1.82) is 0 Å². The van der Waals surface area contributed by atoms with Crippen LogP contribution < -0.4 is 10.9 Å². The van der Waals surface area contributed by atoms with E-state index in [0.717, 1.165) is 40.7 Å². The van der Waals surface area contributed by atoms with Crippen molar-refractivity contribution in [3.8, 4) is 0 Å². The summed E-state index contributed by atoms with van der Waals surface area (Å²) in [4.78, 5) is 29.1. The van der Waals surface area contributed by atoms with Crippen LogP contribution in [0.25, 0.3) is 10.9 Å². The maximum atomic E-state index is 13.6. The monoisotopic (exact) mass is 515 g/mol. The Morgan fingerprint density at radius 1 is 1.19 bits per heavy atom. The lowest BCUT2D eigenvalue weighted by atomic mass is 9.86. The van der Waals surface area contributed by atoms with Gasteiger partial charge in [-0.3, -0.25) is 9.59 Å². The van der Waals surface area contributed by atoms with Crippen molar-refractivity contribution < 1.29 is 18.0 Å². The smallest absolute Gasteiger partial charge is 0.341 e. The van der Waals surface area contributed by atoms with Gasteiger partial charge in [0.1, 0.15) is 6.04 Å². The van der Waals surface area contributed by atoms with E-state index in [1.165, 1.54) is 0 Å². The lowest BCUT2D eigenvalue weighted by molar-refractivity contribution is -0.164. The molecule has 2 aromatic heterocycles. The van der Waals surface area contributed by atoms with Crippen LogP contribution in [0.1, 0.15) is 78.4 Å². The standard InChI is InChI=1S/C29H36F3N3O2/c1-5-8-21-15-17(2)34-28(37)22(21)11-12-25(36)27-19(4)35(24-10-7-6-9-23(24)27)18(3)20-13-14-33-26(16-20)29(30,31)32/h6-7,9-10,15,18,20,26,33H,5,8,11-14,16H2,1-4H3,(H,34,37). The van der Waals surface area contributed by atoms with Gasteiger partial charge in [-0.25, -0.2) is 0 Å². The molecule has 0 bridgehead atoms. The number of ketones is 1. The number of aromatic amines is 1. The predicted octanol–water partition coefficient (Wildman–Crippen LogP) is 6.21. The quantitative estimate of drug-likeness (QED) is 0.351. The molecule has 8 heteroatoms. The Kier molecular flexibility index (Phi) is 7.97. The number of para-hydroxylation sites is 1. The third-order valence-electron chi connectivity index (χ3n) is 7.85. The third kappa shape index (κ3) is 5.54. The van der Waals surface area contributed by atoms with Crippen LogP contribution in [0.4, 0.5) is 13.2 Å². The number of pyridine rings is 1. The topological polar surface area (TPSA) is 66.9 Å². The third-order valence-corrected chi connectivity index (χ3v) is 7.85. The fourth-order valence-electron chi connectivity index (χ4n) is 6.03. The highest BCUT2D eigenvalue weighted by Gasteiger charge is 2.43. The molecule has 1 aliphatic rings. The number of carbonyl (C=O) groups excluding carboxylic acids is 1. The van der Waals surface area contributed by atoms with Gasteiger partial charge in [0.15, 0.2) is 5.78 Å². The number of fused-ring (bicyclic) bond motifs is 1. The van der Waals surface area contributed by atoms with Crippen molar-refractivity contribution >= 4 is 16.7 Å². The largest absolute Gasteiger partial charge is 0.403 e. The summed E-state index contributed by atoms with van der Waals surface area (Å²) in [6.45, 7) is 8.07. The van der Waals surface area contributed by atoms with Crippen LogP contribution in [-0.4, -0.2) is 34.1 Å². The Morgan fingerprint density at radius 2 is 1.92 bits per heavy atom.